The summed E-state index contributed by atoms with van der Waals surface area (Å²) in [7, 11) is 0. The Morgan fingerprint density at radius 2 is 2.37 bits per heavy atom. The Labute approximate surface area is 117 Å². The molecule has 0 bridgehead atoms. The van der Waals surface area contributed by atoms with Crippen molar-refractivity contribution in [2.75, 3.05) is 19.8 Å². The molecule has 1 heterocycles. The molecule has 2 rings (SSSR count). The molecule has 0 spiro atoms. The minimum absolute atomic E-state index is 0.0744. The van der Waals surface area contributed by atoms with Gasteiger partial charge in [-0.1, -0.05) is 11.6 Å². The van der Waals surface area contributed by atoms with Gasteiger partial charge < -0.3 is 10.1 Å². The second kappa shape index (κ2) is 6.84. The van der Waals surface area contributed by atoms with Crippen molar-refractivity contribution in [2.24, 2.45) is 5.92 Å². The van der Waals surface area contributed by atoms with E-state index in [4.69, 9.17) is 16.3 Å². The van der Waals surface area contributed by atoms with Crippen LogP contribution in [0.3, 0.4) is 0 Å². The Bertz CT molecular complexity index is 448. The lowest BCUT2D eigenvalue weighted by Crippen LogP contribution is -2.18. The molecule has 6 heteroatoms. The van der Waals surface area contributed by atoms with Crippen LogP contribution in [0, 0.1) is 16.0 Å². The molecule has 1 fully saturated rings. The zero-order chi connectivity index (χ0) is 13.7. The summed E-state index contributed by atoms with van der Waals surface area (Å²) < 4.78 is 5.31. The number of ether oxygens (including phenoxy) is 1. The maximum atomic E-state index is 10.7. The largest absolute Gasteiger partial charge is 0.381 e. The van der Waals surface area contributed by atoms with Crippen LogP contribution in [0.1, 0.15) is 18.4 Å². The fourth-order valence-electron chi connectivity index (χ4n) is 2.15. The van der Waals surface area contributed by atoms with Crippen LogP contribution in [0.4, 0.5) is 5.69 Å². The van der Waals surface area contributed by atoms with Gasteiger partial charge in [0, 0.05) is 36.9 Å². The van der Waals surface area contributed by atoms with E-state index in [9.17, 15) is 10.1 Å². The van der Waals surface area contributed by atoms with E-state index in [1.54, 1.807) is 6.07 Å². The molecule has 0 aliphatic carbocycles. The molecule has 5 nitrogen and oxygen atoms in total. The molecule has 1 atom stereocenters. The highest BCUT2D eigenvalue weighted by Gasteiger charge is 2.15. The second-order valence-corrected chi connectivity index (χ2v) is 5.14. The van der Waals surface area contributed by atoms with E-state index < -0.39 is 4.92 Å². The molecule has 1 aliphatic heterocycles. The number of nitro groups is 1. The molecule has 1 aromatic carbocycles. The van der Waals surface area contributed by atoms with Crippen molar-refractivity contribution in [3.05, 3.63) is 38.9 Å². The van der Waals surface area contributed by atoms with E-state index in [1.807, 2.05) is 0 Å². The average Bonchev–Trinajstić information content (AvgIpc) is 2.89. The van der Waals surface area contributed by atoms with Crippen molar-refractivity contribution in [1.29, 1.82) is 0 Å². The molecule has 0 saturated carbocycles. The van der Waals surface area contributed by atoms with Gasteiger partial charge in [-0.25, -0.2) is 0 Å². The van der Waals surface area contributed by atoms with Gasteiger partial charge in [-0.3, -0.25) is 10.1 Å². The van der Waals surface area contributed by atoms with Crippen LogP contribution < -0.4 is 5.32 Å². The number of rotatable bonds is 6. The minimum Gasteiger partial charge on any atom is -0.381 e. The molecular weight excluding hydrogens is 268 g/mol. The highest BCUT2D eigenvalue weighted by molar-refractivity contribution is 6.31. The van der Waals surface area contributed by atoms with Crippen molar-refractivity contribution in [3.8, 4) is 0 Å². The maximum absolute atomic E-state index is 10.7. The van der Waals surface area contributed by atoms with Gasteiger partial charge in [0.2, 0.25) is 0 Å². The first kappa shape index (κ1) is 14.2. The van der Waals surface area contributed by atoms with Crippen molar-refractivity contribution < 1.29 is 9.66 Å². The number of hydrogen-bond donors (Lipinski definition) is 1. The minimum atomic E-state index is -0.407. The lowest BCUT2D eigenvalue weighted by molar-refractivity contribution is -0.384. The molecular formula is C13H17ClN2O3. The van der Waals surface area contributed by atoms with E-state index in [2.05, 4.69) is 5.32 Å². The average molecular weight is 285 g/mol. The molecule has 1 aliphatic rings. The molecule has 0 radical (unpaired) electrons. The first-order valence-electron chi connectivity index (χ1n) is 6.38. The molecule has 0 aromatic heterocycles. The Morgan fingerprint density at radius 1 is 1.53 bits per heavy atom. The van der Waals surface area contributed by atoms with Gasteiger partial charge >= 0.3 is 0 Å². The monoisotopic (exact) mass is 284 g/mol. The molecule has 1 unspecified atom stereocenters. The fourth-order valence-corrected chi connectivity index (χ4v) is 2.33. The standard InChI is InChI=1S/C13H17ClN2O3/c14-13-2-1-12(16(17)18)7-11(13)8-15-5-3-10-4-6-19-9-10/h1-2,7,10,15H,3-6,8-9H2. The Hall–Kier alpha value is -1.17. The quantitative estimate of drug-likeness (QED) is 0.496. The number of nitrogens with zero attached hydrogens (tertiary/aromatic N) is 1. The van der Waals surface area contributed by atoms with Crippen LogP contribution >= 0.6 is 11.6 Å². The first-order valence-corrected chi connectivity index (χ1v) is 6.76. The van der Waals surface area contributed by atoms with E-state index in [0.29, 0.717) is 17.5 Å². The van der Waals surface area contributed by atoms with E-state index in [1.165, 1.54) is 12.1 Å². The molecule has 19 heavy (non-hydrogen) atoms. The molecule has 1 aromatic rings. The Balaban J connectivity index is 1.81. The van der Waals surface area contributed by atoms with Crippen LogP contribution in [0.25, 0.3) is 0 Å². The third-order valence-corrected chi connectivity index (χ3v) is 3.68. The SMILES string of the molecule is O=[N+]([O-])c1ccc(Cl)c(CNCCC2CCOC2)c1. The van der Waals surface area contributed by atoms with Crippen LogP contribution in [0.5, 0.6) is 0 Å². The molecule has 104 valence electrons. The van der Waals surface area contributed by atoms with Crippen LogP contribution in [-0.2, 0) is 11.3 Å². The number of nitrogens with one attached hydrogen (secondary N) is 1. The smallest absolute Gasteiger partial charge is 0.269 e. The van der Waals surface area contributed by atoms with Gasteiger partial charge in [-0.15, -0.1) is 0 Å². The number of benzene rings is 1. The normalized spacial score (nSPS) is 18.7. The van der Waals surface area contributed by atoms with E-state index in [0.717, 1.165) is 38.2 Å². The summed E-state index contributed by atoms with van der Waals surface area (Å²) in [5.41, 5.74) is 0.837. The van der Waals surface area contributed by atoms with Crippen molar-refractivity contribution in [2.45, 2.75) is 19.4 Å². The number of hydrogen-bond acceptors (Lipinski definition) is 4. The summed E-state index contributed by atoms with van der Waals surface area (Å²) in [6, 6.07) is 4.51. The van der Waals surface area contributed by atoms with Gasteiger partial charge in [0.15, 0.2) is 0 Å². The van der Waals surface area contributed by atoms with Crippen molar-refractivity contribution >= 4 is 17.3 Å². The predicted molar refractivity (Wildman–Crippen MR) is 73.4 cm³/mol. The van der Waals surface area contributed by atoms with Gasteiger partial charge in [-0.05, 0) is 36.9 Å². The topological polar surface area (TPSA) is 64.4 Å². The van der Waals surface area contributed by atoms with Gasteiger partial charge in [-0.2, -0.15) is 0 Å². The third kappa shape index (κ3) is 4.16. The highest BCUT2D eigenvalue weighted by atomic mass is 35.5. The maximum Gasteiger partial charge on any atom is 0.269 e. The Morgan fingerprint density at radius 3 is 3.05 bits per heavy atom. The summed E-state index contributed by atoms with van der Waals surface area (Å²) in [4.78, 5) is 10.3. The van der Waals surface area contributed by atoms with Crippen molar-refractivity contribution in [1.82, 2.24) is 5.32 Å². The van der Waals surface area contributed by atoms with E-state index >= 15 is 0 Å². The first-order chi connectivity index (χ1) is 9.16. The summed E-state index contributed by atoms with van der Waals surface area (Å²) in [5.74, 6) is 0.632. The third-order valence-electron chi connectivity index (χ3n) is 3.31. The van der Waals surface area contributed by atoms with Gasteiger partial charge in [0.05, 0.1) is 4.92 Å². The lowest BCUT2D eigenvalue weighted by Gasteiger charge is -2.09. The fraction of sp³-hybridized carbons (Fsp3) is 0.538. The number of halogens is 1. The summed E-state index contributed by atoms with van der Waals surface area (Å²) >= 11 is 6.02. The molecule has 1 N–H and O–H groups in total. The number of non-ortho nitro benzene ring substituents is 1. The van der Waals surface area contributed by atoms with Crippen LogP contribution in [-0.4, -0.2) is 24.7 Å². The van der Waals surface area contributed by atoms with Crippen LogP contribution in [0.15, 0.2) is 18.2 Å². The van der Waals surface area contributed by atoms with E-state index in [-0.39, 0.29) is 5.69 Å². The van der Waals surface area contributed by atoms with Gasteiger partial charge in [0.1, 0.15) is 0 Å². The summed E-state index contributed by atoms with van der Waals surface area (Å²) in [6.45, 7) is 3.13. The second-order valence-electron chi connectivity index (χ2n) is 4.73. The summed E-state index contributed by atoms with van der Waals surface area (Å²) in [5, 5.41) is 14.5. The van der Waals surface area contributed by atoms with Gasteiger partial charge in [0.25, 0.3) is 5.69 Å². The highest BCUT2D eigenvalue weighted by Crippen LogP contribution is 2.22. The lowest BCUT2D eigenvalue weighted by atomic mass is 10.1. The number of nitro benzene ring substituents is 1. The summed E-state index contributed by atoms with van der Waals surface area (Å²) in [6.07, 6.45) is 2.19. The molecule has 0 amide bonds. The predicted octanol–water partition coefficient (Wildman–Crippen LogP) is 2.76. The van der Waals surface area contributed by atoms with Crippen LogP contribution in [0.2, 0.25) is 5.02 Å². The zero-order valence-corrected chi connectivity index (χ0v) is 11.4. The molecule has 1 saturated heterocycles. The zero-order valence-electron chi connectivity index (χ0n) is 10.6. The Kier molecular flexibility index (Phi) is 5.13. The van der Waals surface area contributed by atoms with Crippen molar-refractivity contribution in [3.63, 3.8) is 0 Å².